The number of ether oxygens (including phenoxy) is 2. The van der Waals surface area contributed by atoms with Crippen LogP contribution in [0.1, 0.15) is 0 Å². The summed E-state index contributed by atoms with van der Waals surface area (Å²) in [6, 6.07) is 0. The van der Waals surface area contributed by atoms with Gasteiger partial charge in [-0.05, 0) is 0 Å². The Morgan fingerprint density at radius 3 is 2.71 bits per heavy atom. The fourth-order valence-electron chi connectivity index (χ4n) is 1.61. The van der Waals surface area contributed by atoms with Gasteiger partial charge in [0.15, 0.2) is 12.3 Å². The van der Waals surface area contributed by atoms with Gasteiger partial charge in [0.25, 0.3) is 0 Å². The Hall–Kier alpha value is -0.890. The van der Waals surface area contributed by atoms with E-state index in [2.05, 4.69) is 10.1 Å². The van der Waals surface area contributed by atoms with Gasteiger partial charge >= 0.3 is 6.09 Å². The van der Waals surface area contributed by atoms with E-state index >= 15 is 0 Å². The van der Waals surface area contributed by atoms with E-state index in [1.165, 1.54) is 0 Å². The summed E-state index contributed by atoms with van der Waals surface area (Å²) in [4.78, 5) is 10.8. The van der Waals surface area contributed by atoms with Crippen molar-refractivity contribution in [1.29, 1.82) is 0 Å². The minimum atomic E-state index is -1.26. The average molecular weight is 205 g/mol. The second-order valence-corrected chi connectivity index (χ2v) is 3.27. The normalized spacial score (nSPS) is 46.8. The number of rotatable bonds is 1. The SMILES string of the molecule is O=C1N[C@@H]2O[C@H](CO)[C@H](O)[C@H](O)[C@H]2O1. The molecule has 7 nitrogen and oxygen atoms in total. The first-order chi connectivity index (χ1) is 6.63. The summed E-state index contributed by atoms with van der Waals surface area (Å²) >= 11 is 0. The summed E-state index contributed by atoms with van der Waals surface area (Å²) < 4.78 is 9.77. The molecular formula is C7H11NO6. The number of aliphatic hydroxyl groups excluding tert-OH is 3. The Bertz CT molecular complexity index is 246. The van der Waals surface area contributed by atoms with Crippen LogP contribution in [0.3, 0.4) is 0 Å². The molecule has 0 aromatic carbocycles. The molecular weight excluding hydrogens is 194 g/mol. The van der Waals surface area contributed by atoms with Crippen LogP contribution in [0.15, 0.2) is 0 Å². The second kappa shape index (κ2) is 3.35. The highest BCUT2D eigenvalue weighted by Gasteiger charge is 2.50. The van der Waals surface area contributed by atoms with Crippen LogP contribution in [-0.2, 0) is 9.47 Å². The number of aliphatic hydroxyl groups is 3. The molecule has 0 saturated carbocycles. The van der Waals surface area contributed by atoms with Gasteiger partial charge < -0.3 is 24.8 Å². The van der Waals surface area contributed by atoms with Crippen LogP contribution < -0.4 is 5.32 Å². The van der Waals surface area contributed by atoms with Crippen molar-refractivity contribution >= 4 is 6.09 Å². The third-order valence-electron chi connectivity index (χ3n) is 2.37. The van der Waals surface area contributed by atoms with E-state index in [1.807, 2.05) is 0 Å². The van der Waals surface area contributed by atoms with Crippen LogP contribution in [0.5, 0.6) is 0 Å². The number of fused-ring (bicyclic) bond motifs is 1. The fourth-order valence-corrected chi connectivity index (χ4v) is 1.61. The predicted molar refractivity (Wildman–Crippen MR) is 41.2 cm³/mol. The van der Waals surface area contributed by atoms with Gasteiger partial charge in [0.2, 0.25) is 0 Å². The highest BCUT2D eigenvalue weighted by atomic mass is 16.6. The number of hydrogen-bond donors (Lipinski definition) is 4. The summed E-state index contributed by atoms with van der Waals surface area (Å²) in [5.41, 5.74) is 0. The van der Waals surface area contributed by atoms with Gasteiger partial charge in [-0.1, -0.05) is 0 Å². The van der Waals surface area contributed by atoms with Gasteiger partial charge in [-0.2, -0.15) is 0 Å². The van der Waals surface area contributed by atoms with Gasteiger partial charge in [0.05, 0.1) is 6.61 Å². The maximum atomic E-state index is 10.8. The van der Waals surface area contributed by atoms with E-state index in [4.69, 9.17) is 9.84 Å². The lowest BCUT2D eigenvalue weighted by atomic mass is 9.99. The van der Waals surface area contributed by atoms with Crippen molar-refractivity contribution in [2.75, 3.05) is 6.61 Å². The molecule has 0 radical (unpaired) electrons. The molecule has 80 valence electrons. The summed E-state index contributed by atoms with van der Waals surface area (Å²) in [5, 5.41) is 30.0. The zero-order valence-corrected chi connectivity index (χ0v) is 7.16. The molecule has 2 aliphatic heterocycles. The Balaban J connectivity index is 2.13. The first-order valence-corrected chi connectivity index (χ1v) is 4.23. The van der Waals surface area contributed by atoms with Gasteiger partial charge in [-0.3, -0.25) is 5.32 Å². The van der Waals surface area contributed by atoms with Crippen molar-refractivity contribution in [3.8, 4) is 0 Å². The first-order valence-electron chi connectivity index (χ1n) is 4.23. The maximum Gasteiger partial charge on any atom is 0.409 e. The monoisotopic (exact) mass is 205 g/mol. The van der Waals surface area contributed by atoms with Crippen LogP contribution in [0.25, 0.3) is 0 Å². The lowest BCUT2D eigenvalue weighted by Gasteiger charge is -2.36. The molecule has 0 aromatic heterocycles. The van der Waals surface area contributed by atoms with Crippen molar-refractivity contribution in [2.24, 2.45) is 0 Å². The second-order valence-electron chi connectivity index (χ2n) is 3.27. The summed E-state index contributed by atoms with van der Waals surface area (Å²) in [6.07, 6.45) is -5.84. The molecule has 2 fully saturated rings. The number of alkyl carbamates (subject to hydrolysis) is 1. The van der Waals surface area contributed by atoms with E-state index in [9.17, 15) is 15.0 Å². The molecule has 2 saturated heterocycles. The number of amides is 1. The highest BCUT2D eigenvalue weighted by molar-refractivity contribution is 5.70. The third kappa shape index (κ3) is 1.34. The topological polar surface area (TPSA) is 108 Å². The Kier molecular flexibility index (Phi) is 2.31. The lowest BCUT2D eigenvalue weighted by molar-refractivity contribution is -0.215. The number of carbonyl (C=O) groups is 1. The van der Waals surface area contributed by atoms with E-state index < -0.39 is 43.3 Å². The van der Waals surface area contributed by atoms with Crippen LogP contribution >= 0.6 is 0 Å². The van der Waals surface area contributed by atoms with Gasteiger partial charge in [-0.15, -0.1) is 0 Å². The first kappa shape index (κ1) is 9.66. The van der Waals surface area contributed by atoms with Crippen LogP contribution in [0.4, 0.5) is 4.79 Å². The van der Waals surface area contributed by atoms with Crippen molar-refractivity contribution in [2.45, 2.75) is 30.6 Å². The van der Waals surface area contributed by atoms with Crippen molar-refractivity contribution in [1.82, 2.24) is 5.32 Å². The number of nitrogens with one attached hydrogen (secondary N) is 1. The fraction of sp³-hybridized carbons (Fsp3) is 0.857. The van der Waals surface area contributed by atoms with Crippen molar-refractivity contribution in [3.63, 3.8) is 0 Å². The van der Waals surface area contributed by atoms with Crippen LogP contribution in [0.2, 0.25) is 0 Å². The summed E-state index contributed by atoms with van der Waals surface area (Å²) in [7, 11) is 0. The molecule has 5 atom stereocenters. The molecule has 0 aromatic rings. The third-order valence-corrected chi connectivity index (χ3v) is 2.37. The van der Waals surface area contributed by atoms with E-state index in [1.54, 1.807) is 0 Å². The average Bonchev–Trinajstić information content (AvgIpc) is 2.52. The van der Waals surface area contributed by atoms with Gasteiger partial charge in [-0.25, -0.2) is 4.79 Å². The summed E-state index contributed by atoms with van der Waals surface area (Å²) in [5.74, 6) is 0. The van der Waals surface area contributed by atoms with Crippen molar-refractivity contribution < 1.29 is 29.6 Å². The highest BCUT2D eigenvalue weighted by Crippen LogP contribution is 2.25. The van der Waals surface area contributed by atoms with Gasteiger partial charge in [0.1, 0.15) is 18.3 Å². The van der Waals surface area contributed by atoms with Crippen molar-refractivity contribution in [3.05, 3.63) is 0 Å². The Labute approximate surface area is 79.2 Å². The standard InChI is InChI=1S/C7H11NO6/c9-1-2-3(10)4(11)5-6(13-2)8-7(12)14-5/h2-6,9-11H,1H2,(H,8,12)/t2-,3+,4+,5-,6-/m1/s1. The molecule has 2 aliphatic rings. The predicted octanol–water partition coefficient (Wildman–Crippen LogP) is -2.47. The molecule has 1 amide bonds. The largest absolute Gasteiger partial charge is 0.438 e. The van der Waals surface area contributed by atoms with E-state index in [0.29, 0.717) is 0 Å². The number of hydrogen-bond acceptors (Lipinski definition) is 6. The minimum Gasteiger partial charge on any atom is -0.438 e. The Morgan fingerprint density at radius 1 is 1.36 bits per heavy atom. The maximum absolute atomic E-state index is 10.8. The zero-order valence-electron chi connectivity index (χ0n) is 7.16. The van der Waals surface area contributed by atoms with Crippen LogP contribution in [0, 0.1) is 0 Å². The van der Waals surface area contributed by atoms with Crippen LogP contribution in [-0.4, -0.2) is 58.7 Å². The smallest absolute Gasteiger partial charge is 0.409 e. The summed E-state index contributed by atoms with van der Waals surface area (Å²) in [6.45, 7) is -0.433. The van der Waals surface area contributed by atoms with E-state index in [0.717, 1.165) is 0 Å². The number of carbonyl (C=O) groups excluding carboxylic acids is 1. The van der Waals surface area contributed by atoms with Gasteiger partial charge in [0, 0.05) is 0 Å². The molecule has 0 bridgehead atoms. The quantitative estimate of drug-likeness (QED) is 0.378. The molecule has 0 spiro atoms. The van der Waals surface area contributed by atoms with E-state index in [-0.39, 0.29) is 0 Å². The molecule has 0 aliphatic carbocycles. The minimum absolute atomic E-state index is 0.433. The molecule has 4 N–H and O–H groups in total. The zero-order chi connectivity index (χ0) is 10.3. The molecule has 2 rings (SSSR count). The molecule has 7 heteroatoms. The molecule has 0 unspecified atom stereocenters. The lowest BCUT2D eigenvalue weighted by Crippen LogP contribution is -2.59. The molecule has 14 heavy (non-hydrogen) atoms. The Morgan fingerprint density at radius 2 is 2.07 bits per heavy atom. The molecule has 2 heterocycles.